The number of amides is 1. The van der Waals surface area contributed by atoms with Gasteiger partial charge in [0.2, 0.25) is 5.91 Å². The Kier molecular flexibility index (Phi) is 4.15. The van der Waals surface area contributed by atoms with Gasteiger partial charge in [0.05, 0.1) is 17.9 Å². The van der Waals surface area contributed by atoms with Crippen molar-refractivity contribution in [3.8, 4) is 0 Å². The maximum Gasteiger partial charge on any atom is 0.337 e. The van der Waals surface area contributed by atoms with Crippen molar-refractivity contribution in [3.05, 3.63) is 59.7 Å². The van der Waals surface area contributed by atoms with Gasteiger partial charge in [0.1, 0.15) is 0 Å². The molecule has 0 aliphatic carbocycles. The fourth-order valence-corrected chi connectivity index (χ4v) is 3.55. The average Bonchev–Trinajstić information content (AvgIpc) is 2.99. The first kappa shape index (κ1) is 14.7. The SMILES string of the molecule is COC(=O)c1ccc(NC(=O)C2Cc3ccccc3S2)cc1. The van der Waals surface area contributed by atoms with Crippen LogP contribution in [0.25, 0.3) is 0 Å². The van der Waals surface area contributed by atoms with E-state index >= 15 is 0 Å². The lowest BCUT2D eigenvalue weighted by Gasteiger charge is -2.10. The normalized spacial score (nSPS) is 16.0. The van der Waals surface area contributed by atoms with Crippen molar-refractivity contribution in [1.82, 2.24) is 0 Å². The van der Waals surface area contributed by atoms with Crippen LogP contribution in [-0.4, -0.2) is 24.2 Å². The molecule has 3 rings (SSSR count). The number of carbonyl (C=O) groups is 2. The van der Waals surface area contributed by atoms with Crippen LogP contribution >= 0.6 is 11.8 Å². The zero-order chi connectivity index (χ0) is 15.5. The molecular weight excluding hydrogens is 298 g/mol. The van der Waals surface area contributed by atoms with E-state index < -0.39 is 0 Å². The third-order valence-electron chi connectivity index (χ3n) is 3.51. The van der Waals surface area contributed by atoms with Crippen LogP contribution in [0.15, 0.2) is 53.4 Å². The molecule has 4 nitrogen and oxygen atoms in total. The van der Waals surface area contributed by atoms with Gasteiger partial charge in [-0.25, -0.2) is 4.79 Å². The summed E-state index contributed by atoms with van der Waals surface area (Å²) in [5.41, 5.74) is 2.35. The Morgan fingerprint density at radius 2 is 1.86 bits per heavy atom. The summed E-state index contributed by atoms with van der Waals surface area (Å²) in [7, 11) is 1.34. The Morgan fingerprint density at radius 1 is 1.14 bits per heavy atom. The largest absolute Gasteiger partial charge is 0.465 e. The summed E-state index contributed by atoms with van der Waals surface area (Å²) in [5.74, 6) is -0.410. The third kappa shape index (κ3) is 2.99. The number of ether oxygens (including phenoxy) is 1. The first-order valence-corrected chi connectivity index (χ1v) is 7.79. The Hall–Kier alpha value is -2.27. The first-order valence-electron chi connectivity index (χ1n) is 6.91. The van der Waals surface area contributed by atoms with Crippen LogP contribution < -0.4 is 5.32 Å². The standard InChI is InChI=1S/C17H15NO3S/c1-21-17(20)11-6-8-13(9-7-11)18-16(19)15-10-12-4-2-3-5-14(12)22-15/h2-9,15H,10H2,1H3,(H,18,19). The van der Waals surface area contributed by atoms with Gasteiger partial charge in [-0.3, -0.25) is 4.79 Å². The number of hydrogen-bond donors (Lipinski definition) is 1. The van der Waals surface area contributed by atoms with E-state index in [0.717, 1.165) is 6.42 Å². The van der Waals surface area contributed by atoms with Gasteiger partial charge in [0.15, 0.2) is 0 Å². The Balaban J connectivity index is 1.64. The highest BCUT2D eigenvalue weighted by atomic mass is 32.2. The van der Waals surface area contributed by atoms with Gasteiger partial charge >= 0.3 is 5.97 Å². The number of carbonyl (C=O) groups excluding carboxylic acids is 2. The summed E-state index contributed by atoms with van der Waals surface area (Å²) in [5, 5.41) is 2.78. The summed E-state index contributed by atoms with van der Waals surface area (Å²) in [6, 6.07) is 14.8. The Morgan fingerprint density at radius 3 is 2.55 bits per heavy atom. The molecule has 1 aliphatic rings. The topological polar surface area (TPSA) is 55.4 Å². The first-order chi connectivity index (χ1) is 10.7. The molecule has 1 aliphatic heterocycles. The third-order valence-corrected chi connectivity index (χ3v) is 4.83. The second kappa shape index (κ2) is 6.23. The van der Waals surface area contributed by atoms with Crippen LogP contribution in [0.1, 0.15) is 15.9 Å². The highest BCUT2D eigenvalue weighted by Gasteiger charge is 2.27. The van der Waals surface area contributed by atoms with E-state index in [1.54, 1.807) is 36.0 Å². The molecule has 0 aromatic heterocycles. The average molecular weight is 313 g/mol. The van der Waals surface area contributed by atoms with Crippen molar-refractivity contribution in [2.45, 2.75) is 16.6 Å². The van der Waals surface area contributed by atoms with Gasteiger partial charge in [0, 0.05) is 10.6 Å². The van der Waals surface area contributed by atoms with Crippen molar-refractivity contribution in [2.75, 3.05) is 12.4 Å². The molecule has 1 N–H and O–H groups in total. The lowest BCUT2D eigenvalue weighted by Crippen LogP contribution is -2.24. The highest BCUT2D eigenvalue weighted by Crippen LogP contribution is 2.37. The minimum Gasteiger partial charge on any atom is -0.465 e. The number of thioether (sulfide) groups is 1. The number of fused-ring (bicyclic) bond motifs is 1. The Labute approximate surface area is 132 Å². The van der Waals surface area contributed by atoms with Crippen LogP contribution in [0.5, 0.6) is 0 Å². The molecule has 0 spiro atoms. The minimum absolute atomic E-state index is 0.0213. The maximum atomic E-state index is 12.3. The summed E-state index contributed by atoms with van der Waals surface area (Å²) in [6.45, 7) is 0. The van der Waals surface area contributed by atoms with Gasteiger partial charge in [-0.1, -0.05) is 18.2 Å². The predicted octanol–water partition coefficient (Wildman–Crippen LogP) is 3.13. The fraction of sp³-hybridized carbons (Fsp3) is 0.176. The number of anilines is 1. The smallest absolute Gasteiger partial charge is 0.337 e. The molecular formula is C17H15NO3S. The quantitative estimate of drug-likeness (QED) is 0.885. The van der Waals surface area contributed by atoms with Gasteiger partial charge in [-0.05, 0) is 42.3 Å². The molecule has 0 radical (unpaired) electrons. The summed E-state index contributed by atoms with van der Waals surface area (Å²) in [6.07, 6.45) is 0.743. The zero-order valence-corrected chi connectivity index (χ0v) is 12.9. The second-order valence-corrected chi connectivity index (χ2v) is 6.22. The number of nitrogens with one attached hydrogen (secondary N) is 1. The number of esters is 1. The molecule has 22 heavy (non-hydrogen) atoms. The second-order valence-electron chi connectivity index (χ2n) is 4.98. The van der Waals surface area contributed by atoms with E-state index in [2.05, 4.69) is 16.1 Å². The van der Waals surface area contributed by atoms with E-state index in [-0.39, 0.29) is 17.1 Å². The van der Waals surface area contributed by atoms with Crippen molar-refractivity contribution >= 4 is 29.3 Å². The molecule has 1 atom stereocenters. The van der Waals surface area contributed by atoms with Gasteiger partial charge < -0.3 is 10.1 Å². The molecule has 2 aromatic rings. The van der Waals surface area contributed by atoms with E-state index in [0.29, 0.717) is 11.3 Å². The van der Waals surface area contributed by atoms with E-state index in [1.807, 2.05) is 18.2 Å². The van der Waals surface area contributed by atoms with Gasteiger partial charge in [-0.2, -0.15) is 0 Å². The van der Waals surface area contributed by atoms with Crippen molar-refractivity contribution in [1.29, 1.82) is 0 Å². The molecule has 1 heterocycles. The lowest BCUT2D eigenvalue weighted by molar-refractivity contribution is -0.115. The molecule has 1 amide bonds. The van der Waals surface area contributed by atoms with Crippen LogP contribution in [0.2, 0.25) is 0 Å². The van der Waals surface area contributed by atoms with Crippen LogP contribution in [0.3, 0.4) is 0 Å². The van der Waals surface area contributed by atoms with E-state index in [1.165, 1.54) is 17.6 Å². The molecule has 2 aromatic carbocycles. The summed E-state index contributed by atoms with van der Waals surface area (Å²) < 4.78 is 4.64. The molecule has 1 unspecified atom stereocenters. The lowest BCUT2D eigenvalue weighted by atomic mass is 10.1. The van der Waals surface area contributed by atoms with Gasteiger partial charge in [0.25, 0.3) is 0 Å². The molecule has 112 valence electrons. The number of methoxy groups -OCH3 is 1. The molecule has 0 saturated heterocycles. The molecule has 0 bridgehead atoms. The number of hydrogen-bond acceptors (Lipinski definition) is 4. The molecule has 0 saturated carbocycles. The Bertz CT molecular complexity index is 687. The van der Waals surface area contributed by atoms with Crippen molar-refractivity contribution in [3.63, 3.8) is 0 Å². The van der Waals surface area contributed by atoms with Crippen LogP contribution in [0, 0.1) is 0 Å². The van der Waals surface area contributed by atoms with E-state index in [9.17, 15) is 9.59 Å². The number of rotatable bonds is 3. The number of benzene rings is 2. The summed E-state index contributed by atoms with van der Waals surface area (Å²) in [4.78, 5) is 24.9. The zero-order valence-electron chi connectivity index (χ0n) is 12.0. The van der Waals surface area contributed by atoms with Gasteiger partial charge in [-0.15, -0.1) is 11.8 Å². The van der Waals surface area contributed by atoms with Crippen molar-refractivity contribution in [2.24, 2.45) is 0 Å². The van der Waals surface area contributed by atoms with Crippen molar-refractivity contribution < 1.29 is 14.3 Å². The fourth-order valence-electron chi connectivity index (χ4n) is 2.36. The molecule has 0 fully saturated rings. The molecule has 5 heteroatoms. The van der Waals surface area contributed by atoms with Crippen LogP contribution in [0.4, 0.5) is 5.69 Å². The highest BCUT2D eigenvalue weighted by molar-refractivity contribution is 8.01. The predicted molar refractivity (Wildman–Crippen MR) is 86.2 cm³/mol. The van der Waals surface area contributed by atoms with E-state index in [4.69, 9.17) is 0 Å². The summed E-state index contributed by atoms with van der Waals surface area (Å²) >= 11 is 1.59. The maximum absolute atomic E-state index is 12.3. The monoisotopic (exact) mass is 313 g/mol. The van der Waals surface area contributed by atoms with Crippen LogP contribution in [-0.2, 0) is 16.0 Å². The minimum atomic E-state index is -0.389.